The van der Waals surface area contributed by atoms with E-state index < -0.39 is 0 Å². The number of carbonyl (C=O) groups excluding carboxylic acids is 1. The molecule has 1 amide bonds. The van der Waals surface area contributed by atoms with Gasteiger partial charge in [-0.1, -0.05) is 6.92 Å². The summed E-state index contributed by atoms with van der Waals surface area (Å²) in [7, 11) is 0. The van der Waals surface area contributed by atoms with E-state index in [0.717, 1.165) is 25.1 Å². The number of aryl methyl sites for hydroxylation is 1. The summed E-state index contributed by atoms with van der Waals surface area (Å²) in [6.07, 6.45) is 6.99. The van der Waals surface area contributed by atoms with Gasteiger partial charge in [0.25, 0.3) is 5.91 Å². The quantitative estimate of drug-likeness (QED) is 0.911. The van der Waals surface area contributed by atoms with E-state index in [4.69, 9.17) is 0 Å². The van der Waals surface area contributed by atoms with Crippen molar-refractivity contribution in [3.05, 3.63) is 41.7 Å². The van der Waals surface area contributed by atoms with Crippen LogP contribution in [0, 0.1) is 6.92 Å². The molecule has 0 aromatic carbocycles. The first-order valence-corrected chi connectivity index (χ1v) is 7.16. The van der Waals surface area contributed by atoms with Gasteiger partial charge in [0.1, 0.15) is 5.82 Å². The number of nitrogens with zero attached hydrogens (tertiary/aromatic N) is 4. The van der Waals surface area contributed by atoms with Gasteiger partial charge in [-0.2, -0.15) is 5.10 Å². The zero-order valence-corrected chi connectivity index (χ0v) is 12.3. The third kappa shape index (κ3) is 2.66. The van der Waals surface area contributed by atoms with E-state index in [9.17, 15) is 4.79 Å². The van der Waals surface area contributed by atoms with Gasteiger partial charge in [0, 0.05) is 42.8 Å². The lowest BCUT2D eigenvalue weighted by Gasteiger charge is -2.39. The molecule has 1 aliphatic heterocycles. The topological polar surface area (TPSA) is 74.8 Å². The molecule has 1 unspecified atom stereocenters. The standard InChI is InChI=1S/C15H19N5O/c1-11-16-8-12(9-17-11)14(21)20-7-3-5-15(2,10-20)13-4-6-18-19-13/h4,6,8-9H,3,5,7,10H2,1-2H3,(H,18,19). The van der Waals surface area contributed by atoms with Crippen molar-refractivity contribution in [2.45, 2.75) is 32.1 Å². The Morgan fingerprint density at radius 2 is 2.14 bits per heavy atom. The van der Waals surface area contributed by atoms with Crippen molar-refractivity contribution < 1.29 is 4.79 Å². The summed E-state index contributed by atoms with van der Waals surface area (Å²) in [5.41, 5.74) is 1.56. The SMILES string of the molecule is Cc1ncc(C(=O)N2CCCC(C)(c3ccn[nH]3)C2)cn1. The minimum atomic E-state index is -0.0734. The number of aromatic amines is 1. The van der Waals surface area contributed by atoms with Crippen molar-refractivity contribution in [1.82, 2.24) is 25.1 Å². The van der Waals surface area contributed by atoms with E-state index in [1.54, 1.807) is 18.6 Å². The fourth-order valence-electron chi connectivity index (χ4n) is 2.91. The minimum Gasteiger partial charge on any atom is -0.338 e. The number of likely N-dealkylation sites (tertiary alicyclic amines) is 1. The van der Waals surface area contributed by atoms with Crippen LogP contribution in [0.3, 0.4) is 0 Å². The van der Waals surface area contributed by atoms with Crippen LogP contribution in [0.5, 0.6) is 0 Å². The molecule has 0 aliphatic carbocycles. The monoisotopic (exact) mass is 285 g/mol. The van der Waals surface area contributed by atoms with Gasteiger partial charge in [-0.3, -0.25) is 9.89 Å². The van der Waals surface area contributed by atoms with Gasteiger partial charge in [-0.15, -0.1) is 0 Å². The molecule has 3 rings (SSSR count). The maximum absolute atomic E-state index is 12.6. The van der Waals surface area contributed by atoms with Gasteiger partial charge in [0.05, 0.1) is 5.56 Å². The lowest BCUT2D eigenvalue weighted by molar-refractivity contribution is 0.0647. The molecule has 21 heavy (non-hydrogen) atoms. The van der Waals surface area contributed by atoms with E-state index in [0.29, 0.717) is 17.9 Å². The molecule has 0 radical (unpaired) electrons. The van der Waals surface area contributed by atoms with Gasteiger partial charge in [-0.25, -0.2) is 9.97 Å². The highest BCUT2D eigenvalue weighted by atomic mass is 16.2. The van der Waals surface area contributed by atoms with E-state index >= 15 is 0 Å². The average Bonchev–Trinajstić information content (AvgIpc) is 3.02. The predicted molar refractivity (Wildman–Crippen MR) is 77.8 cm³/mol. The summed E-state index contributed by atoms with van der Waals surface area (Å²) >= 11 is 0. The molecule has 1 fully saturated rings. The fourth-order valence-corrected chi connectivity index (χ4v) is 2.91. The normalized spacial score (nSPS) is 22.3. The lowest BCUT2D eigenvalue weighted by Crippen LogP contribution is -2.47. The first-order chi connectivity index (χ1) is 10.1. The van der Waals surface area contributed by atoms with E-state index in [1.807, 2.05) is 17.9 Å². The Morgan fingerprint density at radius 3 is 2.81 bits per heavy atom. The predicted octanol–water partition coefficient (Wildman–Crippen LogP) is 1.70. The van der Waals surface area contributed by atoms with Crippen LogP contribution >= 0.6 is 0 Å². The number of rotatable bonds is 2. The second-order valence-corrected chi connectivity index (χ2v) is 5.88. The third-order valence-electron chi connectivity index (χ3n) is 4.16. The summed E-state index contributed by atoms with van der Waals surface area (Å²) in [4.78, 5) is 22.7. The van der Waals surface area contributed by atoms with Crippen molar-refractivity contribution in [2.75, 3.05) is 13.1 Å². The number of nitrogens with one attached hydrogen (secondary N) is 1. The fraction of sp³-hybridized carbons (Fsp3) is 0.467. The number of carbonyl (C=O) groups is 1. The Labute approximate surface area is 123 Å². The van der Waals surface area contributed by atoms with E-state index in [2.05, 4.69) is 27.1 Å². The molecular formula is C15H19N5O. The van der Waals surface area contributed by atoms with Gasteiger partial charge in [0.15, 0.2) is 0 Å². The number of aromatic nitrogens is 4. The van der Waals surface area contributed by atoms with Crippen LogP contribution in [0.2, 0.25) is 0 Å². The Bertz CT molecular complexity index is 622. The van der Waals surface area contributed by atoms with Gasteiger partial charge >= 0.3 is 0 Å². The molecule has 2 aromatic heterocycles. The molecule has 3 heterocycles. The Kier molecular flexibility index (Phi) is 3.45. The third-order valence-corrected chi connectivity index (χ3v) is 4.16. The van der Waals surface area contributed by atoms with Crippen LogP contribution in [-0.2, 0) is 5.41 Å². The zero-order valence-electron chi connectivity index (χ0n) is 12.3. The molecule has 1 saturated heterocycles. The van der Waals surface area contributed by atoms with Crippen molar-refractivity contribution in [3.63, 3.8) is 0 Å². The van der Waals surface area contributed by atoms with Crippen LogP contribution in [0.15, 0.2) is 24.7 Å². The van der Waals surface area contributed by atoms with Crippen LogP contribution in [-0.4, -0.2) is 44.1 Å². The molecule has 6 nitrogen and oxygen atoms in total. The molecule has 0 saturated carbocycles. The number of piperidine rings is 1. The zero-order chi connectivity index (χ0) is 14.9. The van der Waals surface area contributed by atoms with Crippen molar-refractivity contribution >= 4 is 5.91 Å². The van der Waals surface area contributed by atoms with Gasteiger partial charge in [-0.05, 0) is 25.8 Å². The van der Waals surface area contributed by atoms with E-state index in [1.165, 1.54) is 0 Å². The van der Waals surface area contributed by atoms with Crippen molar-refractivity contribution in [1.29, 1.82) is 0 Å². The maximum atomic E-state index is 12.6. The van der Waals surface area contributed by atoms with E-state index in [-0.39, 0.29) is 11.3 Å². The number of hydrogen-bond acceptors (Lipinski definition) is 4. The molecule has 1 atom stereocenters. The average molecular weight is 285 g/mol. The first-order valence-electron chi connectivity index (χ1n) is 7.16. The molecule has 0 spiro atoms. The molecule has 0 bridgehead atoms. The number of H-pyrrole nitrogens is 1. The molecule has 2 aromatic rings. The van der Waals surface area contributed by atoms with Crippen LogP contribution in [0.4, 0.5) is 0 Å². The summed E-state index contributed by atoms with van der Waals surface area (Å²) < 4.78 is 0. The van der Waals surface area contributed by atoms with Crippen LogP contribution in [0.25, 0.3) is 0 Å². The molecule has 110 valence electrons. The van der Waals surface area contributed by atoms with Crippen molar-refractivity contribution in [2.24, 2.45) is 0 Å². The Hall–Kier alpha value is -2.24. The summed E-state index contributed by atoms with van der Waals surface area (Å²) in [5, 5.41) is 7.07. The lowest BCUT2D eigenvalue weighted by atomic mass is 9.79. The highest BCUT2D eigenvalue weighted by Gasteiger charge is 2.36. The Morgan fingerprint density at radius 1 is 1.38 bits per heavy atom. The van der Waals surface area contributed by atoms with Gasteiger partial charge < -0.3 is 4.90 Å². The smallest absolute Gasteiger partial charge is 0.257 e. The maximum Gasteiger partial charge on any atom is 0.257 e. The molecule has 1 N–H and O–H groups in total. The Balaban J connectivity index is 1.80. The van der Waals surface area contributed by atoms with Gasteiger partial charge in [0.2, 0.25) is 0 Å². The number of hydrogen-bond donors (Lipinski definition) is 1. The molecule has 6 heteroatoms. The van der Waals surface area contributed by atoms with Crippen LogP contribution in [0.1, 0.15) is 41.6 Å². The second-order valence-electron chi connectivity index (χ2n) is 5.88. The highest BCUT2D eigenvalue weighted by molar-refractivity contribution is 5.93. The van der Waals surface area contributed by atoms with Crippen LogP contribution < -0.4 is 0 Å². The molecular weight excluding hydrogens is 266 g/mol. The number of amides is 1. The largest absolute Gasteiger partial charge is 0.338 e. The molecule has 1 aliphatic rings. The summed E-state index contributed by atoms with van der Waals surface area (Å²) in [5.74, 6) is 0.674. The highest BCUT2D eigenvalue weighted by Crippen LogP contribution is 2.32. The first kappa shape index (κ1) is 13.7. The summed E-state index contributed by atoms with van der Waals surface area (Å²) in [6, 6.07) is 1.99. The summed E-state index contributed by atoms with van der Waals surface area (Å²) in [6.45, 7) is 5.44. The second kappa shape index (κ2) is 5.27. The minimum absolute atomic E-state index is 0.000408. The van der Waals surface area contributed by atoms with Crippen molar-refractivity contribution in [3.8, 4) is 0 Å².